The summed E-state index contributed by atoms with van der Waals surface area (Å²) in [5.74, 6) is -0.874. The highest BCUT2D eigenvalue weighted by Crippen LogP contribution is 2.38. The summed E-state index contributed by atoms with van der Waals surface area (Å²) in [6.07, 6.45) is 9.53. The first-order valence-corrected chi connectivity index (χ1v) is 37.4. The summed E-state index contributed by atoms with van der Waals surface area (Å²) in [6, 6.07) is 53.8. The van der Waals surface area contributed by atoms with E-state index in [0.717, 1.165) is 106 Å². The average molecular weight is 1720 g/mol. The molecule has 3 aliphatic heterocycles. The number of benzene rings is 6. The van der Waals surface area contributed by atoms with Crippen LogP contribution < -0.4 is 14.8 Å². The molecule has 6 aromatic carbocycles. The van der Waals surface area contributed by atoms with Gasteiger partial charge in [0.1, 0.15) is 46.2 Å². The van der Waals surface area contributed by atoms with Crippen LogP contribution in [0.2, 0.25) is 0 Å². The normalized spacial score (nSPS) is 15.0. The van der Waals surface area contributed by atoms with E-state index in [2.05, 4.69) is 135 Å². The lowest BCUT2D eigenvalue weighted by Crippen LogP contribution is -2.45. The number of likely N-dealkylation sites (tertiary alicyclic amines) is 2. The van der Waals surface area contributed by atoms with Gasteiger partial charge in [-0.3, -0.25) is 53.2 Å². The second-order valence-corrected chi connectivity index (χ2v) is 29.3. The second kappa shape index (κ2) is 35.4. The number of halogens is 4. The molecule has 4 N–H and O–H groups in total. The number of Topliss-reactive ketones (excluding diaryl/α,β-unsaturated/α-hetero) is 1. The van der Waals surface area contributed by atoms with Crippen molar-refractivity contribution in [3.05, 3.63) is 224 Å². The molecule has 11 heterocycles. The Bertz CT molecular complexity index is 5670. The fourth-order valence-corrected chi connectivity index (χ4v) is 14.0. The van der Waals surface area contributed by atoms with Crippen LogP contribution in [0.1, 0.15) is 84.0 Å². The minimum atomic E-state index is -3.67. The van der Waals surface area contributed by atoms with Gasteiger partial charge in [0.2, 0.25) is 29.4 Å². The van der Waals surface area contributed by atoms with Gasteiger partial charge >= 0.3 is 0 Å². The largest absolute Gasteiger partial charge is 0.497 e. The number of pyridine rings is 4. The van der Waals surface area contributed by atoms with Crippen molar-refractivity contribution in [2.24, 2.45) is 0 Å². The van der Waals surface area contributed by atoms with Crippen LogP contribution >= 0.6 is 63.7 Å². The number of H-pyrrole nitrogens is 2. The van der Waals surface area contributed by atoms with E-state index < -0.39 is 33.9 Å². The monoisotopic (exact) mass is 1720 g/mol. The van der Waals surface area contributed by atoms with Gasteiger partial charge in [-0.2, -0.15) is 8.42 Å². The maximum Gasteiger partial charge on any atom is 0.296 e. The predicted molar refractivity (Wildman–Crippen MR) is 431 cm³/mol. The molecule has 2 atom stereocenters. The van der Waals surface area contributed by atoms with Gasteiger partial charge in [0.05, 0.1) is 44.6 Å². The summed E-state index contributed by atoms with van der Waals surface area (Å²) in [7, 11) is -0.499. The molecule has 17 rings (SSSR count). The Labute approximate surface area is 649 Å². The predicted octanol–water partition coefficient (Wildman–Crippen LogP) is 17.1. The van der Waals surface area contributed by atoms with Crippen LogP contribution in [0.5, 0.6) is 11.5 Å². The fourth-order valence-electron chi connectivity index (χ4n) is 12.6. The summed E-state index contributed by atoms with van der Waals surface area (Å²) in [5.41, 5.74) is 9.22. The average Bonchev–Trinajstić information content (AvgIpc) is 1.60. The van der Waals surface area contributed by atoms with Crippen LogP contribution in [0.25, 0.3) is 87.7 Å². The molecule has 0 spiro atoms. The molecule has 0 saturated carbocycles. The van der Waals surface area contributed by atoms with Crippen LogP contribution in [-0.4, -0.2) is 124 Å². The molecule has 28 heteroatoms. The van der Waals surface area contributed by atoms with Gasteiger partial charge < -0.3 is 28.6 Å². The quantitative estimate of drug-likeness (QED) is 0.0624. The molecule has 107 heavy (non-hydrogen) atoms. The van der Waals surface area contributed by atoms with E-state index in [9.17, 15) is 42.0 Å². The lowest BCUT2D eigenvalue weighted by Gasteiger charge is -2.32. The summed E-state index contributed by atoms with van der Waals surface area (Å²) in [5, 5.41) is 11.3. The topological polar surface area (TPSA) is 304 Å². The van der Waals surface area contributed by atoms with Crippen molar-refractivity contribution in [3.63, 3.8) is 0 Å². The fraction of sp³-hybridized carbons (Fsp3) is 0.203. The van der Waals surface area contributed by atoms with Crippen molar-refractivity contribution < 1.29 is 56.0 Å². The van der Waals surface area contributed by atoms with Crippen molar-refractivity contribution in [3.8, 4) is 11.5 Å². The lowest BCUT2D eigenvalue weighted by molar-refractivity contribution is -0.156. The highest BCUT2D eigenvalue weighted by Gasteiger charge is 2.38. The number of aromatic nitrogens is 8. The van der Waals surface area contributed by atoms with Gasteiger partial charge in [-0.05, 0) is 170 Å². The van der Waals surface area contributed by atoms with E-state index in [-0.39, 0.29) is 77.7 Å². The number of nitrogens with one attached hydrogen (secondary N) is 3. The van der Waals surface area contributed by atoms with E-state index >= 15 is 0 Å². The van der Waals surface area contributed by atoms with Crippen LogP contribution in [0.4, 0.5) is 0 Å². The Hall–Kier alpha value is -10.4. The van der Waals surface area contributed by atoms with E-state index in [1.165, 1.54) is 26.4 Å². The Balaban J connectivity index is 0.000000155. The molecule has 2 unspecified atom stereocenters. The Morgan fingerprint density at radius 3 is 1.31 bits per heavy atom. The first-order chi connectivity index (χ1) is 50.0. The third-order valence-electron chi connectivity index (χ3n) is 17.4. The summed E-state index contributed by atoms with van der Waals surface area (Å²) in [4.78, 5) is 111. The first-order valence-electron chi connectivity index (χ1n) is 32.4. The number of ketones is 1. The van der Waals surface area contributed by atoms with Crippen molar-refractivity contribution >= 4 is 203 Å². The summed E-state index contributed by atoms with van der Waals surface area (Å²) in [6.45, 7) is 0.377. The Morgan fingerprint density at radius 2 is 0.860 bits per heavy atom. The number of carbonyl (C=O) groups excluding carboxylic acids is 7. The van der Waals surface area contributed by atoms with Crippen molar-refractivity contribution in [1.82, 2.24) is 54.2 Å². The van der Waals surface area contributed by atoms with E-state index in [4.69, 9.17) is 14.0 Å². The van der Waals surface area contributed by atoms with Gasteiger partial charge in [-0.15, -0.1) is 0 Å². The molecule has 3 fully saturated rings. The summed E-state index contributed by atoms with van der Waals surface area (Å²) < 4.78 is 44.1. The zero-order chi connectivity index (χ0) is 73.5. The number of hydrogen-bond acceptors (Lipinski definition) is 15. The molecule has 8 aromatic heterocycles. The summed E-state index contributed by atoms with van der Waals surface area (Å²) >= 11 is 14.0. The van der Waals surface area contributed by atoms with Gasteiger partial charge in [0.25, 0.3) is 21.9 Å². The molecular weight excluding hydrogens is 1650 g/mol. The smallest absolute Gasteiger partial charge is 0.296 e. The van der Waals surface area contributed by atoms with Gasteiger partial charge in [0.15, 0.2) is 0 Å². The molecule has 552 valence electrons. The number of piperidine rings is 3. The number of hydrogen-bond donors (Lipinski definition) is 4. The number of carbonyl (C=O) groups is 7. The molecule has 0 bridgehead atoms. The van der Waals surface area contributed by atoms with Crippen LogP contribution in [0.3, 0.4) is 0 Å². The number of nitrogens with zero attached hydrogens (tertiary/aromatic N) is 8. The van der Waals surface area contributed by atoms with Crippen LogP contribution in [-0.2, 0) is 56.8 Å². The number of ether oxygens (including phenoxy) is 2. The molecule has 0 radical (unpaired) electrons. The highest BCUT2D eigenvalue weighted by molar-refractivity contribution is 9.11. The van der Waals surface area contributed by atoms with E-state index in [1.54, 1.807) is 63.3 Å². The van der Waals surface area contributed by atoms with Gasteiger partial charge in [-0.1, -0.05) is 110 Å². The maximum atomic E-state index is 13.5. The number of aromatic amines is 2. The number of methoxy groups -OCH3 is 2. The molecular formula is C79H75Br4N11O12S. The Morgan fingerprint density at radius 1 is 0.467 bits per heavy atom. The molecule has 3 saturated heterocycles. The SMILES string of the molecule is Brc1ccc2[nH]c3ncccc3c2c1.Brc1ccc2[nH]c3ncccc3c2c1.C.C.C.COc1ccc(CN2C(=O)CCC(=O)C2=O)cc1.COc1ccc(CN2C(=O)CCC(n3c4ccc(Br)cc4c4cccnc43)C2=O)cc1.CS(=O)(=O)O.O=C1CCC(n2c3ccc(Br)cc3c3cccnc32)C(=O)N1. The van der Waals surface area contributed by atoms with E-state index in [1.807, 2.05) is 118 Å². The number of fused-ring (bicyclic) bond motifs is 12. The van der Waals surface area contributed by atoms with Crippen LogP contribution in [0, 0.1) is 0 Å². The van der Waals surface area contributed by atoms with Crippen molar-refractivity contribution in [1.29, 1.82) is 0 Å². The molecule has 23 nitrogen and oxygen atoms in total. The second-order valence-electron chi connectivity index (χ2n) is 24.2. The zero-order valence-electron chi connectivity index (χ0n) is 55.7. The van der Waals surface area contributed by atoms with Gasteiger partial charge in [-0.25, -0.2) is 19.9 Å². The third-order valence-corrected chi connectivity index (χ3v) is 19.4. The number of rotatable bonds is 8. The van der Waals surface area contributed by atoms with E-state index in [0.29, 0.717) is 37.7 Å². The van der Waals surface area contributed by atoms with Crippen LogP contribution in [0.15, 0.2) is 213 Å². The Kier molecular flexibility index (Phi) is 26.7. The highest BCUT2D eigenvalue weighted by atomic mass is 79.9. The number of amides is 6. The lowest BCUT2D eigenvalue weighted by atomic mass is 10.0. The zero-order valence-corrected chi connectivity index (χ0v) is 62.9. The molecule has 14 aromatic rings. The van der Waals surface area contributed by atoms with Crippen molar-refractivity contribution in [2.75, 3.05) is 20.5 Å². The minimum absolute atomic E-state index is 0. The standard InChI is InChI=1S/C24H20BrN3O3.C16H12BrN3O2.C13H13NO4.2C11H7BrN2.CH4O3S.3CH4/c1-31-17-7-4-15(5-8-17)14-27-22(29)11-10-21(24(27)30)28-20-9-6-16(25)13-19(20)18-3-2-12-26-23(18)28;17-9-3-4-12-11(8-9)10-2-1-7-18-15(10)20(12)13-5-6-14(21)19-16(13)22;1-18-10-4-2-9(3-5-10)8-14-12(16)7-6-11(15)13(14)17;2*12-7-3-4-10-9(6-7)8-2-1-5-13-11(8)14-10;1-5(2,3)4;;;/h2-9,12-13,21H,10-11,14H2,1H3;1-4,7-8,13H,5-6H2,(H,19,21,22);2-5H,6-8H2,1H3;2*1-6H,(H,13,14);1H3,(H,2,3,4);3*1H4. The molecule has 6 amide bonds. The van der Waals surface area contributed by atoms with Crippen molar-refractivity contribution in [2.45, 2.75) is 86.0 Å². The maximum absolute atomic E-state index is 13.5. The third kappa shape index (κ3) is 18.5. The molecule has 0 aliphatic carbocycles. The number of imide groups is 3. The minimum Gasteiger partial charge on any atom is -0.497 e. The molecule has 3 aliphatic rings. The van der Waals surface area contributed by atoms with Gasteiger partial charge in [0, 0.05) is 122 Å². The first kappa shape index (κ1) is 80.7.